The fourth-order valence-corrected chi connectivity index (χ4v) is 0.514. The molecule has 0 aromatic heterocycles. The van der Waals surface area contributed by atoms with E-state index in [1.165, 1.54) is 0 Å². The van der Waals surface area contributed by atoms with E-state index in [2.05, 4.69) is 51.5 Å². The van der Waals surface area contributed by atoms with Crippen molar-refractivity contribution in [3.63, 3.8) is 0 Å². The van der Waals surface area contributed by atoms with Gasteiger partial charge in [-0.25, -0.2) is 0 Å². The van der Waals surface area contributed by atoms with Crippen LogP contribution in [0, 0.1) is 7.43 Å². The Hall–Kier alpha value is -0.0366. The summed E-state index contributed by atoms with van der Waals surface area (Å²) >= 11 is 0. The number of nitrogens with zero attached hydrogens (tertiary/aromatic N) is 2. The van der Waals surface area contributed by atoms with E-state index in [9.17, 15) is 0 Å². The fourth-order valence-electron chi connectivity index (χ4n) is 0.514. The summed E-state index contributed by atoms with van der Waals surface area (Å²) in [6.07, 6.45) is 3.54. The third-order valence-electron chi connectivity index (χ3n) is 0.990. The molecule has 0 aliphatic carbocycles. The number of aliphatic imine (C=N–C) groups is 2. The third-order valence-corrected chi connectivity index (χ3v) is 0.990. The molecular weight excluding hydrogens is 226 g/mol. The Morgan fingerprint density at radius 2 is 0.929 bits per heavy atom. The quantitative estimate of drug-likeness (QED) is 0.387. The molecule has 0 atom stereocenters. The van der Waals surface area contributed by atoms with Gasteiger partial charge in [0.2, 0.25) is 0 Å². The molecule has 0 radical (unpaired) electrons. The van der Waals surface area contributed by atoms with Crippen molar-refractivity contribution < 1.29 is 19.5 Å². The van der Waals surface area contributed by atoms with Crippen molar-refractivity contribution in [2.24, 2.45) is 9.98 Å². The van der Waals surface area contributed by atoms with Gasteiger partial charge in [0.15, 0.2) is 0 Å². The molecule has 0 saturated carbocycles. The summed E-state index contributed by atoms with van der Waals surface area (Å²) in [6, 6.07) is 0. The largest absolute Gasteiger partial charge is 2.00 e. The van der Waals surface area contributed by atoms with Crippen LogP contribution >= 0.6 is 0 Å². The van der Waals surface area contributed by atoms with E-state index in [0.717, 1.165) is 0 Å². The van der Waals surface area contributed by atoms with Crippen molar-refractivity contribution in [2.45, 2.75) is 52.6 Å². The molecule has 0 rings (SSSR count). The van der Waals surface area contributed by atoms with Crippen LogP contribution < -0.4 is 0 Å². The molecule has 0 spiro atoms. The number of rotatable bonds is 1. The second-order valence-corrected chi connectivity index (χ2v) is 4.90. The molecule has 2 nitrogen and oxygen atoms in total. The van der Waals surface area contributed by atoms with Gasteiger partial charge in [-0.3, -0.25) is 9.98 Å². The van der Waals surface area contributed by atoms with E-state index < -0.39 is 0 Å². The van der Waals surface area contributed by atoms with E-state index in [4.69, 9.17) is 0 Å². The van der Waals surface area contributed by atoms with Gasteiger partial charge in [-0.2, -0.15) is 0 Å². The summed E-state index contributed by atoms with van der Waals surface area (Å²) in [5, 5.41) is 0. The van der Waals surface area contributed by atoms with Crippen LogP contribution in [0.15, 0.2) is 9.98 Å². The Labute approximate surface area is 102 Å². The summed E-state index contributed by atoms with van der Waals surface area (Å²) < 4.78 is 0. The van der Waals surface area contributed by atoms with Crippen LogP contribution in [0.5, 0.6) is 0 Å². The van der Waals surface area contributed by atoms with E-state index in [-0.39, 0.29) is 38.0 Å². The van der Waals surface area contributed by atoms with Crippen LogP contribution in [0.3, 0.4) is 0 Å². The minimum atomic E-state index is 0. The Morgan fingerprint density at radius 3 is 1.07 bits per heavy atom. The average molecular weight is 249 g/mol. The van der Waals surface area contributed by atoms with Gasteiger partial charge in [-0.05, 0) is 41.5 Å². The zero-order chi connectivity index (χ0) is 9.83. The monoisotopic (exact) mass is 247 g/mol. The molecule has 0 aromatic rings. The first-order valence-electron chi connectivity index (χ1n) is 4.30. The normalized spacial score (nSPS) is 12.7. The summed E-state index contributed by atoms with van der Waals surface area (Å²) in [4.78, 5) is 8.57. The van der Waals surface area contributed by atoms with Crippen molar-refractivity contribution in [2.75, 3.05) is 0 Å². The van der Waals surface area contributed by atoms with Crippen LogP contribution in [0.1, 0.15) is 41.5 Å². The second-order valence-electron chi connectivity index (χ2n) is 4.90. The first kappa shape index (κ1) is 19.5. The average Bonchev–Trinajstić information content (AvgIpc) is 1.76. The molecule has 3 heteroatoms. The molecular formula is C11H23N2Zn+. The molecule has 0 bridgehead atoms. The molecule has 0 heterocycles. The molecule has 0 unspecified atom stereocenters. The van der Waals surface area contributed by atoms with Crippen LogP contribution in [0.4, 0.5) is 0 Å². The van der Waals surface area contributed by atoms with Gasteiger partial charge >= 0.3 is 19.5 Å². The van der Waals surface area contributed by atoms with Gasteiger partial charge < -0.3 is 7.43 Å². The standard InChI is InChI=1S/C10H20N2.CH3.Zn/c1-9(2,3)11-7-8-12-10(4,5)6;;/h7-8H,1-6H3;1H3;/q;-1;+2. The van der Waals surface area contributed by atoms with Crippen LogP contribution in [-0.4, -0.2) is 23.5 Å². The first-order chi connectivity index (χ1) is 5.21. The second kappa shape index (κ2) is 7.28. The SMILES string of the molecule is CC(C)(C)N=CC=NC(C)(C)C.[CH3-].[Zn+2]. The van der Waals surface area contributed by atoms with Gasteiger partial charge in [-0.1, -0.05) is 0 Å². The van der Waals surface area contributed by atoms with Crippen LogP contribution in [0.2, 0.25) is 0 Å². The minimum Gasteiger partial charge on any atom is -0.358 e. The van der Waals surface area contributed by atoms with Crippen molar-refractivity contribution in [1.82, 2.24) is 0 Å². The maximum absolute atomic E-state index is 4.29. The Kier molecular flexibility index (Phi) is 10.2. The zero-order valence-corrected chi connectivity index (χ0v) is 13.7. The molecule has 0 amide bonds. The summed E-state index contributed by atoms with van der Waals surface area (Å²) in [5.74, 6) is 0. The van der Waals surface area contributed by atoms with Crippen molar-refractivity contribution in [1.29, 1.82) is 0 Å². The van der Waals surface area contributed by atoms with Gasteiger partial charge in [0, 0.05) is 12.4 Å². The molecule has 0 aromatic carbocycles. The predicted molar refractivity (Wildman–Crippen MR) is 62.9 cm³/mol. The molecule has 0 aliphatic rings. The third kappa shape index (κ3) is 17.9. The molecule has 0 aliphatic heterocycles. The molecule has 78 valence electrons. The number of hydrogen-bond acceptors (Lipinski definition) is 2. The topological polar surface area (TPSA) is 24.7 Å². The number of hydrogen-bond donors (Lipinski definition) is 0. The Morgan fingerprint density at radius 1 is 0.714 bits per heavy atom. The Bertz CT molecular complexity index is 160. The van der Waals surface area contributed by atoms with Crippen LogP contribution in [0.25, 0.3) is 0 Å². The minimum absolute atomic E-state index is 0. The zero-order valence-electron chi connectivity index (χ0n) is 10.8. The fraction of sp³-hybridized carbons (Fsp3) is 0.727. The maximum atomic E-state index is 4.29. The summed E-state index contributed by atoms with van der Waals surface area (Å²) in [5.41, 5.74) is 0.00775. The maximum Gasteiger partial charge on any atom is 2.00 e. The van der Waals surface area contributed by atoms with Gasteiger partial charge in [-0.15, -0.1) is 0 Å². The van der Waals surface area contributed by atoms with E-state index in [1.807, 2.05) is 0 Å². The molecule has 14 heavy (non-hydrogen) atoms. The Balaban J connectivity index is -0.000000605. The predicted octanol–water partition coefficient (Wildman–Crippen LogP) is 3.17. The summed E-state index contributed by atoms with van der Waals surface area (Å²) in [6.45, 7) is 12.4. The first-order valence-corrected chi connectivity index (χ1v) is 4.30. The molecule has 0 saturated heterocycles. The van der Waals surface area contributed by atoms with Crippen molar-refractivity contribution >= 4 is 12.4 Å². The van der Waals surface area contributed by atoms with Gasteiger partial charge in [0.05, 0.1) is 11.1 Å². The smallest absolute Gasteiger partial charge is 0.358 e. The van der Waals surface area contributed by atoms with Gasteiger partial charge in [0.25, 0.3) is 0 Å². The van der Waals surface area contributed by atoms with E-state index in [1.54, 1.807) is 12.4 Å². The van der Waals surface area contributed by atoms with Crippen molar-refractivity contribution in [3.8, 4) is 0 Å². The van der Waals surface area contributed by atoms with Gasteiger partial charge in [0.1, 0.15) is 0 Å². The van der Waals surface area contributed by atoms with Crippen molar-refractivity contribution in [3.05, 3.63) is 7.43 Å². The van der Waals surface area contributed by atoms with E-state index in [0.29, 0.717) is 0 Å². The van der Waals surface area contributed by atoms with E-state index >= 15 is 0 Å². The van der Waals surface area contributed by atoms with Crippen LogP contribution in [-0.2, 0) is 19.5 Å². The molecule has 0 N–H and O–H groups in total. The summed E-state index contributed by atoms with van der Waals surface area (Å²) in [7, 11) is 0. The molecule has 0 fully saturated rings.